The number of nitrogens with zero attached hydrogens (tertiary/aromatic N) is 3. The Morgan fingerprint density at radius 2 is 1.70 bits per heavy atom. The van der Waals surface area contributed by atoms with Crippen LogP contribution in [-0.2, 0) is 14.6 Å². The lowest BCUT2D eigenvalue weighted by Gasteiger charge is -2.08. The third-order valence-electron chi connectivity index (χ3n) is 4.07. The molecule has 0 fully saturated rings. The molecule has 0 aliphatic rings. The highest BCUT2D eigenvalue weighted by molar-refractivity contribution is 7.92. The fourth-order valence-electron chi connectivity index (χ4n) is 2.51. The van der Waals surface area contributed by atoms with Gasteiger partial charge in [-0.1, -0.05) is 41.7 Å². The van der Waals surface area contributed by atoms with Crippen LogP contribution in [0.1, 0.15) is 12.0 Å². The van der Waals surface area contributed by atoms with Gasteiger partial charge in [0, 0.05) is 12.7 Å². The second kappa shape index (κ2) is 11.2. The first-order chi connectivity index (χ1) is 15.8. The Kier molecular flexibility index (Phi) is 8.12. The zero-order chi connectivity index (χ0) is 23.7. The first-order valence-corrected chi connectivity index (χ1v) is 12.4. The van der Waals surface area contributed by atoms with Crippen molar-refractivity contribution in [2.75, 3.05) is 24.8 Å². The Morgan fingerprint density at radius 1 is 1.06 bits per heavy atom. The number of ether oxygens (including phenoxy) is 2. The van der Waals surface area contributed by atoms with Crippen LogP contribution in [0.4, 0.5) is 5.13 Å². The molecule has 1 aromatic heterocycles. The second-order valence-electron chi connectivity index (χ2n) is 6.70. The monoisotopic (exact) mass is 484 g/mol. The van der Waals surface area contributed by atoms with E-state index in [1.54, 1.807) is 24.3 Å². The molecule has 33 heavy (non-hydrogen) atoms. The summed E-state index contributed by atoms with van der Waals surface area (Å²) >= 11 is 0.710. The normalized spacial score (nSPS) is 11.5. The first-order valence-electron chi connectivity index (χ1n) is 9.72. The number of nitriles is 1. The van der Waals surface area contributed by atoms with E-state index in [4.69, 9.17) is 9.47 Å². The minimum atomic E-state index is -3.52. The fraction of sp³-hybridized carbons (Fsp3) is 0.182. The molecule has 1 amide bonds. The van der Waals surface area contributed by atoms with Gasteiger partial charge in [0.2, 0.25) is 19.3 Å². The quantitative estimate of drug-likeness (QED) is 0.201. The summed E-state index contributed by atoms with van der Waals surface area (Å²) < 4.78 is 34.0. The minimum Gasteiger partial charge on any atom is -0.493 e. The summed E-state index contributed by atoms with van der Waals surface area (Å²) in [4.78, 5) is 12.3. The summed E-state index contributed by atoms with van der Waals surface area (Å²) in [7, 11) is -3.52. The highest BCUT2D eigenvalue weighted by Gasteiger charge is 2.17. The molecule has 3 aromatic rings. The molecule has 9 nitrogen and oxygen atoms in total. The van der Waals surface area contributed by atoms with Gasteiger partial charge in [0.15, 0.2) is 0 Å². The van der Waals surface area contributed by atoms with Gasteiger partial charge in [-0.05, 0) is 35.9 Å². The topological polar surface area (TPSA) is 131 Å². The van der Waals surface area contributed by atoms with Crippen molar-refractivity contribution in [3.63, 3.8) is 0 Å². The van der Waals surface area contributed by atoms with Crippen LogP contribution in [0.3, 0.4) is 0 Å². The summed E-state index contributed by atoms with van der Waals surface area (Å²) in [6.45, 7) is 1.01. The Labute approximate surface area is 195 Å². The van der Waals surface area contributed by atoms with Gasteiger partial charge in [0.1, 0.15) is 23.1 Å². The van der Waals surface area contributed by atoms with Crippen LogP contribution in [0.2, 0.25) is 0 Å². The number of para-hydroxylation sites is 1. The van der Waals surface area contributed by atoms with Gasteiger partial charge in [0.05, 0.1) is 13.2 Å². The number of sulfone groups is 1. The molecule has 0 spiro atoms. The van der Waals surface area contributed by atoms with E-state index in [0.717, 1.165) is 12.0 Å². The smallest absolute Gasteiger partial charge is 0.268 e. The Bertz CT molecular complexity index is 1260. The number of hydrogen-bond acceptors (Lipinski definition) is 9. The molecule has 11 heteroatoms. The van der Waals surface area contributed by atoms with E-state index in [0.29, 0.717) is 42.3 Å². The van der Waals surface area contributed by atoms with Crippen LogP contribution >= 0.6 is 11.3 Å². The average molecular weight is 485 g/mol. The van der Waals surface area contributed by atoms with Crippen molar-refractivity contribution in [1.29, 1.82) is 5.26 Å². The highest BCUT2D eigenvalue weighted by Crippen LogP contribution is 2.21. The molecular weight excluding hydrogens is 464 g/mol. The van der Waals surface area contributed by atoms with Crippen molar-refractivity contribution in [3.05, 3.63) is 65.7 Å². The summed E-state index contributed by atoms with van der Waals surface area (Å²) in [5.41, 5.74) is 0.452. The second-order valence-corrected chi connectivity index (χ2v) is 9.87. The van der Waals surface area contributed by atoms with Gasteiger partial charge in [-0.15, -0.1) is 10.2 Å². The Hall–Kier alpha value is -3.75. The molecule has 0 aliphatic carbocycles. The molecule has 0 saturated heterocycles. The summed E-state index contributed by atoms with van der Waals surface area (Å²) in [6, 6.07) is 18.3. The van der Waals surface area contributed by atoms with Crippen LogP contribution < -0.4 is 14.8 Å². The third kappa shape index (κ3) is 7.41. The van der Waals surface area contributed by atoms with Crippen LogP contribution in [0, 0.1) is 11.3 Å². The van der Waals surface area contributed by atoms with Crippen molar-refractivity contribution in [2.24, 2.45) is 0 Å². The number of carbonyl (C=O) groups excluding carboxylic acids is 1. The number of nitrogens with one attached hydrogen (secondary N) is 1. The highest BCUT2D eigenvalue weighted by atomic mass is 32.2. The van der Waals surface area contributed by atoms with E-state index in [9.17, 15) is 18.5 Å². The number of rotatable bonds is 10. The van der Waals surface area contributed by atoms with Gasteiger partial charge in [-0.2, -0.15) is 5.26 Å². The first kappa shape index (κ1) is 23.9. The maximum Gasteiger partial charge on any atom is 0.268 e. The molecule has 0 aliphatic heterocycles. The lowest BCUT2D eigenvalue weighted by molar-refractivity contribution is -0.112. The van der Waals surface area contributed by atoms with Crippen LogP contribution in [-0.4, -0.2) is 44.0 Å². The van der Waals surface area contributed by atoms with Crippen molar-refractivity contribution in [2.45, 2.75) is 10.8 Å². The molecule has 0 radical (unpaired) electrons. The molecule has 1 N–H and O–H groups in total. The maximum atomic E-state index is 12.3. The summed E-state index contributed by atoms with van der Waals surface area (Å²) in [5.74, 6) is 0.748. The third-order valence-corrected chi connectivity index (χ3v) is 6.58. The maximum absolute atomic E-state index is 12.3. The van der Waals surface area contributed by atoms with E-state index >= 15 is 0 Å². The zero-order valence-corrected chi connectivity index (χ0v) is 19.2. The lowest BCUT2D eigenvalue weighted by Crippen LogP contribution is -2.13. The predicted octanol–water partition coefficient (Wildman–Crippen LogP) is 3.34. The number of hydrogen-bond donors (Lipinski definition) is 1. The van der Waals surface area contributed by atoms with Gasteiger partial charge < -0.3 is 9.47 Å². The lowest BCUT2D eigenvalue weighted by atomic mass is 10.1. The van der Waals surface area contributed by atoms with E-state index < -0.39 is 15.7 Å². The number of benzene rings is 2. The van der Waals surface area contributed by atoms with Crippen LogP contribution in [0.15, 0.2) is 64.5 Å². The van der Waals surface area contributed by atoms with Gasteiger partial charge in [-0.3, -0.25) is 10.1 Å². The molecule has 1 heterocycles. The van der Waals surface area contributed by atoms with Crippen molar-refractivity contribution in [1.82, 2.24) is 10.2 Å². The van der Waals surface area contributed by atoms with Gasteiger partial charge >= 0.3 is 0 Å². The molecule has 3 rings (SSSR count). The largest absolute Gasteiger partial charge is 0.493 e. The van der Waals surface area contributed by atoms with Crippen molar-refractivity contribution < 1.29 is 22.7 Å². The van der Waals surface area contributed by atoms with E-state index in [2.05, 4.69) is 15.5 Å². The van der Waals surface area contributed by atoms with Crippen molar-refractivity contribution in [3.8, 4) is 17.6 Å². The van der Waals surface area contributed by atoms with E-state index in [1.807, 2.05) is 36.4 Å². The number of aromatic nitrogens is 2. The molecule has 170 valence electrons. The molecule has 2 aromatic carbocycles. The molecular formula is C22H20N4O5S2. The number of amides is 1. The zero-order valence-electron chi connectivity index (χ0n) is 17.6. The summed E-state index contributed by atoms with van der Waals surface area (Å²) in [5, 5.41) is 18.8. The van der Waals surface area contributed by atoms with E-state index in [-0.39, 0.29) is 15.0 Å². The SMILES string of the molecule is CS(=O)(=O)c1nnc(NC(=O)/C(C#N)=C\c2ccc(OCCCOc3ccccc3)cc2)s1. The standard InChI is InChI=1S/C22H20N4O5S2/c1-33(28,29)22-26-25-21(32-22)24-20(27)17(15-23)14-16-8-10-19(11-9-16)31-13-5-12-30-18-6-3-2-4-7-18/h2-4,6-11,14H,5,12-13H2,1H3,(H,24,25,27)/b17-14-. The Balaban J connectivity index is 1.51. The average Bonchev–Trinajstić information content (AvgIpc) is 3.28. The molecule has 0 saturated carbocycles. The molecule has 0 atom stereocenters. The van der Waals surface area contributed by atoms with Crippen molar-refractivity contribution >= 4 is 38.3 Å². The Morgan fingerprint density at radius 3 is 2.27 bits per heavy atom. The molecule has 0 unspecified atom stereocenters. The summed E-state index contributed by atoms with van der Waals surface area (Å²) in [6.07, 6.45) is 3.11. The predicted molar refractivity (Wildman–Crippen MR) is 124 cm³/mol. The fourth-order valence-corrected chi connectivity index (χ4v) is 4.01. The van der Waals surface area contributed by atoms with Crippen LogP contribution in [0.5, 0.6) is 11.5 Å². The van der Waals surface area contributed by atoms with E-state index in [1.165, 1.54) is 6.08 Å². The van der Waals surface area contributed by atoms with Gasteiger partial charge in [0.25, 0.3) is 5.91 Å². The number of carbonyl (C=O) groups is 1. The number of anilines is 1. The van der Waals surface area contributed by atoms with Gasteiger partial charge in [-0.25, -0.2) is 8.42 Å². The minimum absolute atomic E-state index is 0.0124. The van der Waals surface area contributed by atoms with Crippen LogP contribution in [0.25, 0.3) is 6.08 Å². The molecule has 0 bridgehead atoms.